The first-order chi connectivity index (χ1) is 11.7. The molecule has 1 aromatic rings. The minimum absolute atomic E-state index is 0.400. The fourth-order valence-electron chi connectivity index (χ4n) is 4.53. The molecule has 0 bridgehead atoms. The molecular weight excluding hydrogens is 296 g/mol. The maximum absolute atomic E-state index is 6.02. The summed E-state index contributed by atoms with van der Waals surface area (Å²) in [5.74, 6) is 0. The summed E-state index contributed by atoms with van der Waals surface area (Å²) in [6.07, 6.45) is 11.3. The molecule has 1 saturated carbocycles. The Hall–Kier alpha value is -1.65. The van der Waals surface area contributed by atoms with Crippen molar-refractivity contribution in [2.45, 2.75) is 63.6 Å². The van der Waals surface area contributed by atoms with Crippen LogP contribution in [0.1, 0.15) is 43.7 Å². The number of nitrogens with two attached hydrogens (primary N) is 1. The highest BCUT2D eigenvalue weighted by molar-refractivity contribution is 5.78. The van der Waals surface area contributed by atoms with Crippen molar-refractivity contribution in [3.63, 3.8) is 0 Å². The van der Waals surface area contributed by atoms with E-state index >= 15 is 0 Å². The van der Waals surface area contributed by atoms with Gasteiger partial charge < -0.3 is 11.1 Å². The van der Waals surface area contributed by atoms with Crippen LogP contribution in [0.25, 0.3) is 0 Å². The summed E-state index contributed by atoms with van der Waals surface area (Å²) in [5, 5.41) is 8.66. The van der Waals surface area contributed by atoms with Gasteiger partial charge in [0.1, 0.15) is 30.7 Å². The molecule has 1 fully saturated rings. The van der Waals surface area contributed by atoms with Crippen LogP contribution in [0.3, 0.4) is 0 Å². The normalized spacial score (nSPS) is 32.7. The van der Waals surface area contributed by atoms with Gasteiger partial charge in [0, 0.05) is 24.9 Å². The van der Waals surface area contributed by atoms with E-state index in [1.54, 1.807) is 0 Å². The van der Waals surface area contributed by atoms with Gasteiger partial charge in [-0.05, 0) is 43.7 Å². The summed E-state index contributed by atoms with van der Waals surface area (Å²) in [6.45, 7) is 3.26. The Bertz CT molecular complexity index is 632. The van der Waals surface area contributed by atoms with E-state index in [0.29, 0.717) is 18.1 Å². The van der Waals surface area contributed by atoms with Crippen molar-refractivity contribution in [1.82, 2.24) is 5.32 Å². The monoisotopic (exact) mass is 325 g/mol. The van der Waals surface area contributed by atoms with E-state index in [9.17, 15) is 0 Å². The minimum Gasteiger partial charge on any atom is -0.377 e. The Morgan fingerprint density at radius 3 is 2.42 bits per heavy atom. The number of rotatable bonds is 4. The summed E-state index contributed by atoms with van der Waals surface area (Å²) < 4.78 is 0.739. The van der Waals surface area contributed by atoms with Gasteiger partial charge in [-0.15, -0.1) is 0 Å². The second-order valence-electron chi connectivity index (χ2n) is 7.62. The Kier molecular flexibility index (Phi) is 4.19. The second kappa shape index (κ2) is 6.34. The third kappa shape index (κ3) is 2.89. The Balaban J connectivity index is 1.47. The minimum atomic E-state index is 0.400. The first-order valence-electron chi connectivity index (χ1n) is 9.43. The molecule has 0 aromatic heterocycles. The molecule has 2 aliphatic carbocycles. The summed E-state index contributed by atoms with van der Waals surface area (Å²) in [7, 11) is 0. The third-order valence-electron chi connectivity index (χ3n) is 6.09. The van der Waals surface area contributed by atoms with E-state index < -0.39 is 0 Å². The van der Waals surface area contributed by atoms with Crippen molar-refractivity contribution >= 4 is 6.21 Å². The lowest BCUT2D eigenvalue weighted by Crippen LogP contribution is -2.46. The first-order valence-corrected chi connectivity index (χ1v) is 9.43. The molecule has 24 heavy (non-hydrogen) atoms. The number of allylic oxidation sites excluding steroid dienone is 1. The lowest BCUT2D eigenvalue weighted by atomic mass is 9.92. The Morgan fingerprint density at radius 2 is 1.79 bits per heavy atom. The Morgan fingerprint density at radius 1 is 1.12 bits per heavy atom. The summed E-state index contributed by atoms with van der Waals surface area (Å²) in [5.41, 5.74) is 10.2. The van der Waals surface area contributed by atoms with Crippen LogP contribution in [0.2, 0.25) is 0 Å². The summed E-state index contributed by atoms with van der Waals surface area (Å²) in [4.78, 5) is 0. The highest BCUT2D eigenvalue weighted by atomic mass is 15.6. The average Bonchev–Trinajstić information content (AvgIpc) is 3.22. The molecule has 1 aromatic carbocycles. The van der Waals surface area contributed by atoms with Crippen molar-refractivity contribution in [1.29, 1.82) is 0 Å². The molecule has 0 amide bonds. The van der Waals surface area contributed by atoms with Crippen molar-refractivity contribution in [2.75, 3.05) is 6.54 Å². The standard InChI is InChI=1S/C20H29N4/c1-2-24(20-11-15-5-3-4-6-16(15)12-20)14-19(13-22-24)23-18-9-7-17(21)8-10-18/h3-6,13-14,17-18,20,23H,2,7-12,21H2,1H3/q+1. The fraction of sp³-hybridized carbons (Fsp3) is 0.550. The largest absolute Gasteiger partial charge is 0.377 e. The van der Waals surface area contributed by atoms with Crippen molar-refractivity contribution < 1.29 is 4.59 Å². The smallest absolute Gasteiger partial charge is 0.148 e. The zero-order valence-corrected chi connectivity index (χ0v) is 14.6. The topological polar surface area (TPSA) is 50.4 Å². The number of fused-ring (bicyclic) bond motifs is 1. The van der Waals surface area contributed by atoms with Gasteiger partial charge in [0.25, 0.3) is 0 Å². The molecule has 3 N–H and O–H groups in total. The summed E-state index contributed by atoms with van der Waals surface area (Å²) >= 11 is 0. The molecule has 1 unspecified atom stereocenters. The number of nitrogens with one attached hydrogen (secondary N) is 1. The van der Waals surface area contributed by atoms with Crippen LogP contribution in [-0.4, -0.2) is 35.5 Å². The molecule has 4 heteroatoms. The molecular formula is C20H29N4+. The van der Waals surface area contributed by atoms with E-state index in [1.807, 2.05) is 0 Å². The van der Waals surface area contributed by atoms with Crippen LogP contribution in [0.4, 0.5) is 0 Å². The van der Waals surface area contributed by atoms with Crippen molar-refractivity contribution in [2.24, 2.45) is 10.8 Å². The zero-order valence-electron chi connectivity index (χ0n) is 14.6. The van der Waals surface area contributed by atoms with Gasteiger partial charge in [-0.25, -0.2) is 0 Å². The van der Waals surface area contributed by atoms with Crippen LogP contribution < -0.4 is 11.1 Å². The van der Waals surface area contributed by atoms with Crippen LogP contribution >= 0.6 is 0 Å². The van der Waals surface area contributed by atoms with Gasteiger partial charge in [-0.3, -0.25) is 0 Å². The van der Waals surface area contributed by atoms with Gasteiger partial charge in [0.05, 0.1) is 0 Å². The van der Waals surface area contributed by atoms with Gasteiger partial charge in [-0.2, -0.15) is 4.59 Å². The molecule has 4 nitrogen and oxygen atoms in total. The SMILES string of the molecule is CC[N+]1(C2Cc3ccccc3C2)C=C(NC2CCC(N)CC2)C=N1. The fourth-order valence-corrected chi connectivity index (χ4v) is 4.53. The van der Waals surface area contributed by atoms with Crippen molar-refractivity contribution in [3.8, 4) is 0 Å². The van der Waals surface area contributed by atoms with Gasteiger partial charge in [-0.1, -0.05) is 29.4 Å². The average molecular weight is 325 g/mol. The molecule has 1 aliphatic heterocycles. The van der Waals surface area contributed by atoms with Gasteiger partial charge >= 0.3 is 0 Å². The first kappa shape index (κ1) is 15.9. The third-order valence-corrected chi connectivity index (χ3v) is 6.09. The predicted octanol–water partition coefficient (Wildman–Crippen LogP) is 2.69. The van der Waals surface area contributed by atoms with E-state index in [1.165, 1.54) is 29.7 Å². The number of quaternary nitrogens is 1. The van der Waals surface area contributed by atoms with E-state index in [2.05, 4.69) is 48.9 Å². The summed E-state index contributed by atoms with van der Waals surface area (Å²) in [6, 6.07) is 10.3. The number of likely N-dealkylation sites (N-methyl/N-ethyl adjacent to an activating group) is 1. The van der Waals surface area contributed by atoms with Crippen LogP contribution in [-0.2, 0) is 12.8 Å². The van der Waals surface area contributed by atoms with Crippen LogP contribution in [0.5, 0.6) is 0 Å². The number of hydrogen-bond donors (Lipinski definition) is 2. The lowest BCUT2D eigenvalue weighted by Gasteiger charge is -2.31. The molecule has 0 saturated heterocycles. The predicted molar refractivity (Wildman–Crippen MR) is 98.4 cm³/mol. The van der Waals surface area contributed by atoms with Crippen LogP contribution in [0.15, 0.2) is 41.3 Å². The highest BCUT2D eigenvalue weighted by Gasteiger charge is 2.41. The van der Waals surface area contributed by atoms with Gasteiger partial charge in [0.15, 0.2) is 0 Å². The Labute approximate surface area is 145 Å². The molecule has 128 valence electrons. The van der Waals surface area contributed by atoms with Gasteiger partial charge in [0.2, 0.25) is 0 Å². The quantitative estimate of drug-likeness (QED) is 0.836. The molecule has 4 rings (SSSR count). The molecule has 1 atom stereocenters. The lowest BCUT2D eigenvalue weighted by molar-refractivity contribution is -0.906. The maximum atomic E-state index is 6.02. The molecule has 0 spiro atoms. The zero-order chi connectivity index (χ0) is 16.6. The number of hydrogen-bond acceptors (Lipinski definition) is 3. The molecule has 3 aliphatic rings. The van der Waals surface area contributed by atoms with E-state index in [0.717, 1.165) is 36.8 Å². The number of nitrogens with zero attached hydrogens (tertiary/aromatic N) is 2. The second-order valence-corrected chi connectivity index (χ2v) is 7.62. The molecule has 1 heterocycles. The van der Waals surface area contributed by atoms with E-state index in [-0.39, 0.29) is 0 Å². The highest BCUT2D eigenvalue weighted by Crippen LogP contribution is 2.33. The van der Waals surface area contributed by atoms with E-state index in [4.69, 9.17) is 10.8 Å². The maximum Gasteiger partial charge on any atom is 0.148 e. The number of benzene rings is 1. The van der Waals surface area contributed by atoms with Crippen molar-refractivity contribution in [3.05, 3.63) is 47.3 Å². The molecule has 0 radical (unpaired) electrons. The van der Waals surface area contributed by atoms with Crippen LogP contribution in [0, 0.1) is 0 Å².